The van der Waals surface area contributed by atoms with E-state index in [-0.39, 0.29) is 5.15 Å². The Kier molecular flexibility index (Phi) is 6.02. The lowest BCUT2D eigenvalue weighted by molar-refractivity contribution is -0.148. The van der Waals surface area contributed by atoms with Crippen LogP contribution in [0.2, 0.25) is 5.15 Å². The number of amides is 1. The van der Waals surface area contributed by atoms with Gasteiger partial charge >= 0.3 is 5.97 Å². The first-order valence-corrected chi connectivity index (χ1v) is 6.21. The molecule has 0 fully saturated rings. The predicted molar refractivity (Wildman–Crippen MR) is 72.9 cm³/mol. The minimum atomic E-state index is -0.912. The third kappa shape index (κ3) is 5.09. The number of anilines is 1. The van der Waals surface area contributed by atoms with Crippen LogP contribution >= 0.6 is 11.6 Å². The number of carbonyl (C=O) groups is 2. The summed E-state index contributed by atoms with van der Waals surface area (Å²) in [6, 6.07) is 3.25. The van der Waals surface area contributed by atoms with Crippen LogP contribution in [0.15, 0.2) is 30.5 Å². The van der Waals surface area contributed by atoms with Crippen LogP contribution in [0.4, 0.5) is 5.69 Å². The number of nitrogens with zero attached hydrogens (tertiary/aromatic N) is 1. The molecule has 0 aliphatic carbocycles. The zero-order chi connectivity index (χ0) is 14.3. The number of hydrogen-bond acceptors (Lipinski definition) is 4. The molecule has 0 radical (unpaired) electrons. The second kappa shape index (κ2) is 7.53. The Balaban J connectivity index is 2.56. The topological polar surface area (TPSA) is 68.3 Å². The maximum absolute atomic E-state index is 11.8. The highest BCUT2D eigenvalue weighted by Gasteiger charge is 2.17. The largest absolute Gasteiger partial charge is 0.449 e. The van der Waals surface area contributed by atoms with Crippen molar-refractivity contribution >= 4 is 29.2 Å². The van der Waals surface area contributed by atoms with E-state index in [2.05, 4.69) is 10.3 Å². The van der Waals surface area contributed by atoms with Gasteiger partial charge in [0.15, 0.2) is 11.3 Å². The molecule has 0 saturated carbocycles. The van der Waals surface area contributed by atoms with Crippen molar-refractivity contribution in [3.05, 3.63) is 35.6 Å². The molecular weight excluding hydrogens is 268 g/mol. The monoisotopic (exact) mass is 282 g/mol. The molecule has 0 aliphatic heterocycles. The van der Waals surface area contributed by atoms with Crippen molar-refractivity contribution in [3.63, 3.8) is 0 Å². The highest BCUT2D eigenvalue weighted by molar-refractivity contribution is 6.32. The van der Waals surface area contributed by atoms with Crippen molar-refractivity contribution in [1.29, 1.82) is 0 Å². The fourth-order valence-electron chi connectivity index (χ4n) is 1.19. The van der Waals surface area contributed by atoms with Crippen LogP contribution in [0.5, 0.6) is 0 Å². The Morgan fingerprint density at radius 3 is 2.95 bits per heavy atom. The summed E-state index contributed by atoms with van der Waals surface area (Å²) in [5.41, 5.74) is 0.376. The summed E-state index contributed by atoms with van der Waals surface area (Å²) in [5.74, 6) is -1.02. The van der Waals surface area contributed by atoms with Gasteiger partial charge in [-0.2, -0.15) is 0 Å². The molecule has 0 aliphatic rings. The second-order valence-electron chi connectivity index (χ2n) is 3.72. The van der Waals surface area contributed by atoms with Gasteiger partial charge in [-0.15, -0.1) is 0 Å². The van der Waals surface area contributed by atoms with Crippen LogP contribution in [0.25, 0.3) is 0 Å². The first-order chi connectivity index (χ1) is 9.04. The average molecular weight is 283 g/mol. The van der Waals surface area contributed by atoms with Gasteiger partial charge in [-0.25, -0.2) is 9.78 Å². The number of hydrogen-bond donors (Lipinski definition) is 1. The van der Waals surface area contributed by atoms with Crippen LogP contribution in [0.3, 0.4) is 0 Å². The van der Waals surface area contributed by atoms with Crippen molar-refractivity contribution in [2.24, 2.45) is 0 Å². The third-order valence-corrected chi connectivity index (χ3v) is 2.47. The lowest BCUT2D eigenvalue weighted by Crippen LogP contribution is -2.29. The lowest BCUT2D eigenvalue weighted by atomic mass is 10.3. The number of nitrogens with one attached hydrogen (secondary N) is 1. The molecule has 5 nitrogen and oxygen atoms in total. The SMILES string of the molecule is CC/C=C/C(=O)O[C@H](C)C(=O)Nc1cccnc1Cl. The van der Waals surface area contributed by atoms with Crippen molar-refractivity contribution in [1.82, 2.24) is 4.98 Å². The van der Waals surface area contributed by atoms with Gasteiger partial charge in [0.1, 0.15) is 0 Å². The smallest absolute Gasteiger partial charge is 0.331 e. The highest BCUT2D eigenvalue weighted by atomic mass is 35.5. The van der Waals surface area contributed by atoms with E-state index in [1.54, 1.807) is 18.2 Å². The lowest BCUT2D eigenvalue weighted by Gasteiger charge is -2.12. The highest BCUT2D eigenvalue weighted by Crippen LogP contribution is 2.17. The molecule has 1 amide bonds. The number of pyridine rings is 1. The number of ether oxygens (including phenoxy) is 1. The van der Waals surface area contributed by atoms with Gasteiger partial charge in [-0.05, 0) is 25.5 Å². The first-order valence-electron chi connectivity index (χ1n) is 5.83. The molecular formula is C13H15ClN2O3. The molecule has 1 aromatic rings. The summed E-state index contributed by atoms with van der Waals surface area (Å²) in [7, 11) is 0. The number of carbonyl (C=O) groups excluding carboxylic acids is 2. The zero-order valence-electron chi connectivity index (χ0n) is 10.7. The predicted octanol–water partition coefficient (Wildman–Crippen LogP) is 2.57. The molecule has 102 valence electrons. The Morgan fingerprint density at radius 1 is 1.58 bits per heavy atom. The molecule has 0 unspecified atom stereocenters. The standard InChI is InChI=1S/C13H15ClN2O3/c1-3-4-7-11(17)19-9(2)13(18)16-10-6-5-8-15-12(10)14/h4-9H,3H2,1-2H3,(H,16,18)/b7-4+/t9-/m1/s1. The van der Waals surface area contributed by atoms with Gasteiger partial charge in [-0.1, -0.05) is 24.6 Å². The average Bonchev–Trinajstić information content (AvgIpc) is 2.38. The van der Waals surface area contributed by atoms with Crippen molar-refractivity contribution < 1.29 is 14.3 Å². The van der Waals surface area contributed by atoms with E-state index >= 15 is 0 Å². The molecule has 0 aromatic carbocycles. The molecule has 1 aromatic heterocycles. The van der Waals surface area contributed by atoms with Gasteiger partial charge in [0.05, 0.1) is 5.69 Å². The van der Waals surface area contributed by atoms with Gasteiger partial charge in [-0.3, -0.25) is 4.79 Å². The van der Waals surface area contributed by atoms with Crippen molar-refractivity contribution in [3.8, 4) is 0 Å². The number of allylic oxidation sites excluding steroid dienone is 1. The minimum Gasteiger partial charge on any atom is -0.449 e. The van der Waals surface area contributed by atoms with Crippen LogP contribution in [-0.2, 0) is 14.3 Å². The maximum atomic E-state index is 11.8. The summed E-state index contributed by atoms with van der Waals surface area (Å²) in [6.45, 7) is 3.38. The van der Waals surface area contributed by atoms with Crippen LogP contribution in [-0.4, -0.2) is 23.0 Å². The van der Waals surface area contributed by atoms with E-state index in [0.717, 1.165) is 6.42 Å². The summed E-state index contributed by atoms with van der Waals surface area (Å²) in [5, 5.41) is 2.72. The molecule has 6 heteroatoms. The summed E-state index contributed by atoms with van der Waals surface area (Å²) >= 11 is 5.80. The van der Waals surface area contributed by atoms with Gasteiger partial charge in [0.2, 0.25) is 0 Å². The fourth-order valence-corrected chi connectivity index (χ4v) is 1.36. The summed E-state index contributed by atoms with van der Waals surface area (Å²) < 4.78 is 4.93. The van der Waals surface area contributed by atoms with Gasteiger partial charge in [0, 0.05) is 12.3 Å². The third-order valence-electron chi connectivity index (χ3n) is 2.17. The summed E-state index contributed by atoms with van der Waals surface area (Å²) in [4.78, 5) is 26.9. The second-order valence-corrected chi connectivity index (χ2v) is 4.08. The first kappa shape index (κ1) is 15.2. The molecule has 1 heterocycles. The van der Waals surface area contributed by atoms with E-state index in [0.29, 0.717) is 5.69 Å². The Hall–Kier alpha value is -1.88. The minimum absolute atomic E-state index is 0.181. The Bertz CT molecular complexity index is 489. The van der Waals surface area contributed by atoms with Crippen LogP contribution in [0, 0.1) is 0 Å². The van der Waals surface area contributed by atoms with E-state index < -0.39 is 18.0 Å². The van der Waals surface area contributed by atoms with Crippen LogP contribution in [0.1, 0.15) is 20.3 Å². The molecule has 19 heavy (non-hydrogen) atoms. The van der Waals surface area contributed by atoms with Gasteiger partial charge in [0.25, 0.3) is 5.91 Å². The number of halogens is 1. The normalized spacial score (nSPS) is 12.2. The van der Waals surface area contributed by atoms with Crippen molar-refractivity contribution in [2.75, 3.05) is 5.32 Å². The number of esters is 1. The fraction of sp³-hybridized carbons (Fsp3) is 0.308. The molecule has 0 bridgehead atoms. The molecule has 0 spiro atoms. The molecule has 1 rings (SSSR count). The Morgan fingerprint density at radius 2 is 2.32 bits per heavy atom. The quantitative estimate of drug-likeness (QED) is 0.512. The molecule has 0 saturated heterocycles. The van der Waals surface area contributed by atoms with Crippen LogP contribution < -0.4 is 5.32 Å². The van der Waals surface area contributed by atoms with Crippen molar-refractivity contribution in [2.45, 2.75) is 26.4 Å². The van der Waals surface area contributed by atoms with E-state index in [1.165, 1.54) is 19.2 Å². The van der Waals surface area contributed by atoms with E-state index in [1.807, 2.05) is 6.92 Å². The Labute approximate surface area is 116 Å². The van der Waals surface area contributed by atoms with E-state index in [9.17, 15) is 9.59 Å². The van der Waals surface area contributed by atoms with Gasteiger partial charge < -0.3 is 10.1 Å². The number of aromatic nitrogens is 1. The summed E-state index contributed by atoms with van der Waals surface area (Å²) in [6.07, 6.45) is 4.27. The van der Waals surface area contributed by atoms with E-state index in [4.69, 9.17) is 16.3 Å². The molecule has 1 N–H and O–H groups in total. The zero-order valence-corrected chi connectivity index (χ0v) is 11.5. The number of rotatable bonds is 5. The maximum Gasteiger partial charge on any atom is 0.331 e. The molecule has 1 atom stereocenters.